The molecule has 0 aliphatic heterocycles. The van der Waals surface area contributed by atoms with Crippen molar-refractivity contribution >= 4 is 5.91 Å². The van der Waals surface area contributed by atoms with Crippen LogP contribution in [0.15, 0.2) is 71.8 Å². The Kier molecular flexibility index (Phi) is 6.22. The van der Waals surface area contributed by atoms with Crippen molar-refractivity contribution in [3.05, 3.63) is 82.9 Å². The second kappa shape index (κ2) is 8.99. The van der Waals surface area contributed by atoms with E-state index < -0.39 is 0 Å². The van der Waals surface area contributed by atoms with Crippen LogP contribution in [0.2, 0.25) is 0 Å². The summed E-state index contributed by atoms with van der Waals surface area (Å²) >= 11 is 0. The smallest absolute Gasteiger partial charge is 0.254 e. The van der Waals surface area contributed by atoms with E-state index in [0.717, 1.165) is 16.9 Å². The zero-order valence-corrected chi connectivity index (χ0v) is 16.0. The topological polar surface area (TPSA) is 64.4 Å². The molecule has 0 aliphatic carbocycles. The molecule has 0 saturated carbocycles. The van der Waals surface area contributed by atoms with Crippen molar-refractivity contribution in [2.75, 3.05) is 13.7 Å². The molecule has 0 saturated heterocycles. The van der Waals surface area contributed by atoms with Crippen LogP contribution in [0.3, 0.4) is 0 Å². The first-order valence-electron chi connectivity index (χ1n) is 9.14. The number of amides is 1. The van der Waals surface area contributed by atoms with Gasteiger partial charge in [0.25, 0.3) is 5.56 Å². The first-order chi connectivity index (χ1) is 13.6. The van der Waals surface area contributed by atoms with E-state index in [0.29, 0.717) is 18.8 Å². The van der Waals surface area contributed by atoms with Crippen LogP contribution < -0.4 is 10.3 Å². The van der Waals surface area contributed by atoms with E-state index in [-0.39, 0.29) is 18.0 Å². The highest BCUT2D eigenvalue weighted by atomic mass is 16.5. The van der Waals surface area contributed by atoms with Gasteiger partial charge in [0.2, 0.25) is 5.91 Å². The molecule has 0 fully saturated rings. The van der Waals surface area contributed by atoms with Crippen molar-refractivity contribution in [2.45, 2.75) is 20.0 Å². The van der Waals surface area contributed by atoms with Gasteiger partial charge in [0, 0.05) is 25.2 Å². The Balaban J connectivity index is 1.68. The monoisotopic (exact) mass is 377 g/mol. The SMILES string of the molecule is CCOc1ccc(-c2cc(=O)n(CC(=O)N(C)Cc3ccccc3)cn2)cc1. The molecule has 0 radical (unpaired) electrons. The van der Waals surface area contributed by atoms with Gasteiger partial charge in [-0.25, -0.2) is 4.98 Å². The van der Waals surface area contributed by atoms with Crippen LogP contribution in [0.5, 0.6) is 5.75 Å². The van der Waals surface area contributed by atoms with E-state index in [1.807, 2.05) is 61.5 Å². The van der Waals surface area contributed by atoms with Crippen LogP contribution in [0.4, 0.5) is 0 Å². The van der Waals surface area contributed by atoms with Crippen molar-refractivity contribution < 1.29 is 9.53 Å². The van der Waals surface area contributed by atoms with E-state index in [4.69, 9.17) is 4.74 Å². The van der Waals surface area contributed by atoms with E-state index in [1.165, 1.54) is 17.0 Å². The summed E-state index contributed by atoms with van der Waals surface area (Å²) in [5.74, 6) is 0.619. The predicted molar refractivity (Wildman–Crippen MR) is 108 cm³/mol. The fourth-order valence-electron chi connectivity index (χ4n) is 2.80. The van der Waals surface area contributed by atoms with E-state index >= 15 is 0 Å². The van der Waals surface area contributed by atoms with Crippen LogP contribution in [-0.4, -0.2) is 34.0 Å². The van der Waals surface area contributed by atoms with Crippen LogP contribution >= 0.6 is 0 Å². The number of nitrogens with zero attached hydrogens (tertiary/aromatic N) is 3. The molecule has 1 heterocycles. The molecule has 2 aromatic carbocycles. The third-order valence-corrected chi connectivity index (χ3v) is 4.33. The largest absolute Gasteiger partial charge is 0.494 e. The molecule has 144 valence electrons. The van der Waals surface area contributed by atoms with Crippen LogP contribution in [0.1, 0.15) is 12.5 Å². The Bertz CT molecular complexity index is 982. The highest BCUT2D eigenvalue weighted by molar-refractivity contribution is 5.75. The van der Waals surface area contributed by atoms with Crippen molar-refractivity contribution in [3.63, 3.8) is 0 Å². The molecule has 6 heteroatoms. The molecule has 0 spiro atoms. The van der Waals surface area contributed by atoms with Crippen LogP contribution in [0.25, 0.3) is 11.3 Å². The minimum Gasteiger partial charge on any atom is -0.494 e. The van der Waals surface area contributed by atoms with Crippen LogP contribution in [-0.2, 0) is 17.9 Å². The number of hydrogen-bond donors (Lipinski definition) is 0. The Hall–Kier alpha value is -3.41. The fourth-order valence-corrected chi connectivity index (χ4v) is 2.80. The van der Waals surface area contributed by atoms with Gasteiger partial charge in [-0.05, 0) is 36.8 Å². The van der Waals surface area contributed by atoms with Gasteiger partial charge in [0.1, 0.15) is 12.3 Å². The van der Waals surface area contributed by atoms with Crippen molar-refractivity contribution in [1.82, 2.24) is 14.5 Å². The molecule has 0 N–H and O–H groups in total. The van der Waals surface area contributed by atoms with Gasteiger partial charge in [-0.15, -0.1) is 0 Å². The molecule has 3 rings (SSSR count). The Morgan fingerprint density at radius 3 is 2.46 bits per heavy atom. The van der Waals surface area contributed by atoms with Gasteiger partial charge >= 0.3 is 0 Å². The van der Waals surface area contributed by atoms with E-state index in [1.54, 1.807) is 11.9 Å². The first-order valence-corrected chi connectivity index (χ1v) is 9.14. The highest BCUT2D eigenvalue weighted by Gasteiger charge is 2.12. The molecular weight excluding hydrogens is 354 g/mol. The third kappa shape index (κ3) is 4.85. The van der Waals surface area contributed by atoms with Crippen LogP contribution in [0, 0.1) is 0 Å². The summed E-state index contributed by atoms with van der Waals surface area (Å²) in [6.07, 6.45) is 1.42. The average molecular weight is 377 g/mol. The molecule has 0 unspecified atom stereocenters. The van der Waals surface area contributed by atoms with E-state index in [9.17, 15) is 9.59 Å². The summed E-state index contributed by atoms with van der Waals surface area (Å²) in [4.78, 5) is 30.8. The molecule has 3 aromatic rings. The average Bonchev–Trinajstić information content (AvgIpc) is 2.71. The molecule has 1 amide bonds. The standard InChI is InChI=1S/C22H23N3O3/c1-3-28-19-11-9-18(10-12-19)20-13-21(26)25(16-23-20)15-22(27)24(2)14-17-7-5-4-6-8-17/h4-13,16H,3,14-15H2,1-2H3. The summed E-state index contributed by atoms with van der Waals surface area (Å²) in [6, 6.07) is 18.6. The minimum atomic E-state index is -0.264. The fraction of sp³-hybridized carbons (Fsp3) is 0.227. The van der Waals surface area contributed by atoms with Crippen molar-refractivity contribution in [1.29, 1.82) is 0 Å². The summed E-state index contributed by atoms with van der Waals surface area (Å²) in [6.45, 7) is 2.97. The number of rotatable bonds is 7. The highest BCUT2D eigenvalue weighted by Crippen LogP contribution is 2.19. The molecule has 1 aromatic heterocycles. The molecule has 6 nitrogen and oxygen atoms in total. The number of likely N-dealkylation sites (N-methyl/N-ethyl adjacent to an activating group) is 1. The lowest BCUT2D eigenvalue weighted by Gasteiger charge is -2.18. The first kappa shape index (κ1) is 19.4. The number of aromatic nitrogens is 2. The lowest BCUT2D eigenvalue weighted by Crippen LogP contribution is -2.33. The predicted octanol–water partition coefficient (Wildman–Crippen LogP) is 2.97. The van der Waals surface area contributed by atoms with E-state index in [2.05, 4.69) is 4.98 Å². The maximum atomic E-state index is 12.4. The summed E-state index contributed by atoms with van der Waals surface area (Å²) in [5, 5.41) is 0. The third-order valence-electron chi connectivity index (χ3n) is 4.33. The summed E-state index contributed by atoms with van der Waals surface area (Å²) in [5.41, 5.74) is 2.16. The lowest BCUT2D eigenvalue weighted by atomic mass is 10.1. The lowest BCUT2D eigenvalue weighted by molar-refractivity contribution is -0.131. The number of benzene rings is 2. The van der Waals surface area contributed by atoms with Crippen molar-refractivity contribution in [2.24, 2.45) is 0 Å². The number of hydrogen-bond acceptors (Lipinski definition) is 4. The van der Waals surface area contributed by atoms with Gasteiger partial charge in [0.05, 0.1) is 18.6 Å². The van der Waals surface area contributed by atoms with Gasteiger partial charge < -0.3 is 9.64 Å². The molecule has 0 atom stereocenters. The van der Waals surface area contributed by atoms with Gasteiger partial charge in [-0.3, -0.25) is 14.2 Å². The van der Waals surface area contributed by atoms with Gasteiger partial charge in [-0.1, -0.05) is 30.3 Å². The molecule has 28 heavy (non-hydrogen) atoms. The summed E-state index contributed by atoms with van der Waals surface area (Å²) in [7, 11) is 1.72. The quantitative estimate of drug-likeness (QED) is 0.635. The maximum Gasteiger partial charge on any atom is 0.254 e. The Labute approximate surface area is 164 Å². The zero-order valence-electron chi connectivity index (χ0n) is 16.0. The zero-order chi connectivity index (χ0) is 19.9. The second-order valence-electron chi connectivity index (χ2n) is 6.43. The maximum absolute atomic E-state index is 12.4. The number of ether oxygens (including phenoxy) is 1. The minimum absolute atomic E-state index is 0.0429. The molecular formula is C22H23N3O3. The second-order valence-corrected chi connectivity index (χ2v) is 6.43. The Morgan fingerprint density at radius 1 is 1.11 bits per heavy atom. The summed E-state index contributed by atoms with van der Waals surface area (Å²) < 4.78 is 6.74. The Morgan fingerprint density at radius 2 is 1.82 bits per heavy atom. The molecule has 0 bridgehead atoms. The normalized spacial score (nSPS) is 10.5. The number of carbonyl (C=O) groups excluding carboxylic acids is 1. The number of carbonyl (C=O) groups is 1. The van der Waals surface area contributed by atoms with Gasteiger partial charge in [-0.2, -0.15) is 0 Å². The van der Waals surface area contributed by atoms with Crippen molar-refractivity contribution in [3.8, 4) is 17.0 Å². The molecule has 0 aliphatic rings. The van der Waals surface area contributed by atoms with Gasteiger partial charge in [0.15, 0.2) is 0 Å².